The molecule has 0 spiro atoms. The molecule has 1 unspecified atom stereocenters. The third-order valence-electron chi connectivity index (χ3n) is 13.0. The molecular formula is C55H22F18. The molecule has 18 heteroatoms. The van der Waals surface area contributed by atoms with E-state index < -0.39 is 160 Å². The second-order valence-corrected chi connectivity index (χ2v) is 16.8. The van der Waals surface area contributed by atoms with Crippen LogP contribution < -0.4 is 0 Å². The van der Waals surface area contributed by atoms with Crippen LogP contribution in [0.3, 0.4) is 0 Å². The van der Waals surface area contributed by atoms with E-state index in [0.29, 0.717) is 29.5 Å². The van der Waals surface area contributed by atoms with Gasteiger partial charge in [0.25, 0.3) is 0 Å². The molecule has 10 rings (SSSR count). The van der Waals surface area contributed by atoms with Crippen molar-refractivity contribution in [2.24, 2.45) is 0 Å². The zero-order chi connectivity index (χ0) is 52.3. The Morgan fingerprint density at radius 2 is 0.658 bits per heavy atom. The highest BCUT2D eigenvalue weighted by Gasteiger charge is 2.47. The van der Waals surface area contributed by atoms with Gasteiger partial charge in [-0.1, -0.05) is 85.0 Å². The molecule has 0 heterocycles. The molecule has 0 nitrogen and oxygen atoms in total. The lowest BCUT2D eigenvalue weighted by Gasteiger charge is -2.36. The molecule has 8 aromatic rings. The lowest BCUT2D eigenvalue weighted by atomic mass is 9.66. The largest absolute Gasteiger partial charge is 0.203 e. The number of halogens is 18. The third kappa shape index (κ3) is 6.96. The Balaban J connectivity index is 1.28. The summed E-state index contributed by atoms with van der Waals surface area (Å²) in [5, 5.41) is 0. The second kappa shape index (κ2) is 17.6. The molecule has 73 heavy (non-hydrogen) atoms. The molecule has 0 aromatic heterocycles. The van der Waals surface area contributed by atoms with Crippen molar-refractivity contribution < 1.29 is 79.0 Å². The lowest BCUT2D eigenvalue weighted by Crippen LogP contribution is -2.29. The van der Waals surface area contributed by atoms with Gasteiger partial charge in [-0.25, -0.2) is 79.0 Å². The molecule has 2 aliphatic rings. The molecule has 2 aliphatic carbocycles. The topological polar surface area (TPSA) is 0 Å². The summed E-state index contributed by atoms with van der Waals surface area (Å²) in [4.78, 5) is 0. The molecule has 0 fully saturated rings. The Kier molecular flexibility index (Phi) is 11.7. The maximum absolute atomic E-state index is 16.5. The number of fused-ring (bicyclic) bond motifs is 3. The van der Waals surface area contributed by atoms with E-state index in [2.05, 4.69) is 0 Å². The average molecular weight is 1020 g/mol. The van der Waals surface area contributed by atoms with E-state index in [0.717, 1.165) is 28.8 Å². The lowest BCUT2D eigenvalue weighted by molar-refractivity contribution is 0.379. The molecule has 0 N–H and O–H groups in total. The summed E-state index contributed by atoms with van der Waals surface area (Å²) in [6.45, 7) is 0. The molecule has 0 bridgehead atoms. The minimum absolute atomic E-state index is 0.0603. The minimum atomic E-state index is -2.85. The highest BCUT2D eigenvalue weighted by molar-refractivity contribution is 5.91. The van der Waals surface area contributed by atoms with Crippen LogP contribution >= 0.6 is 0 Å². The predicted molar refractivity (Wildman–Crippen MR) is 231 cm³/mol. The fraction of sp³-hybridized carbons (Fsp3) is 0.0545. The SMILES string of the molecule is Fc1c(F)c(F)c(-c2c(F)c(F)c(-c3cc(-c4ccc5c(c4)C(C4=CCCC=C4)(c4ccccc4)c4ccccc4-5)cc(-c4c(F)c(F)c(-c5c(F)c(F)c(F)c(F)c5F)c(F)c4F)c3)c(F)c2F)c(F)c1F. The summed E-state index contributed by atoms with van der Waals surface area (Å²) >= 11 is 0. The number of allylic oxidation sites excluding steroid dienone is 4. The van der Waals surface area contributed by atoms with Crippen molar-refractivity contribution in [3.05, 3.63) is 236 Å². The van der Waals surface area contributed by atoms with Crippen LogP contribution in [0.5, 0.6) is 0 Å². The van der Waals surface area contributed by atoms with Gasteiger partial charge in [0.1, 0.15) is 0 Å². The van der Waals surface area contributed by atoms with E-state index in [-0.39, 0.29) is 11.6 Å². The quantitative estimate of drug-likeness (QED) is 0.0848. The second-order valence-electron chi connectivity index (χ2n) is 16.8. The Bertz CT molecular complexity index is 3510. The van der Waals surface area contributed by atoms with Gasteiger partial charge < -0.3 is 0 Å². The van der Waals surface area contributed by atoms with Crippen molar-refractivity contribution in [2.45, 2.75) is 18.3 Å². The smallest absolute Gasteiger partial charge is 0.200 e. The number of rotatable bonds is 7. The first-order valence-corrected chi connectivity index (χ1v) is 21.3. The van der Waals surface area contributed by atoms with Gasteiger partial charge >= 0.3 is 0 Å². The summed E-state index contributed by atoms with van der Waals surface area (Å²) in [5.74, 6) is -49.9. The van der Waals surface area contributed by atoms with Crippen LogP contribution in [0.4, 0.5) is 79.0 Å². The van der Waals surface area contributed by atoms with Crippen molar-refractivity contribution in [2.75, 3.05) is 0 Å². The first kappa shape index (κ1) is 48.6. The van der Waals surface area contributed by atoms with Crippen molar-refractivity contribution in [1.29, 1.82) is 0 Å². The molecular weight excluding hydrogens is 1000 g/mol. The molecule has 368 valence electrons. The van der Waals surface area contributed by atoms with Gasteiger partial charge in [0.15, 0.2) is 93.1 Å². The van der Waals surface area contributed by atoms with Crippen LogP contribution in [0.2, 0.25) is 0 Å². The Labute approximate surface area is 399 Å². The van der Waals surface area contributed by atoms with Gasteiger partial charge in [-0.3, -0.25) is 0 Å². The maximum Gasteiger partial charge on any atom is 0.200 e. The van der Waals surface area contributed by atoms with Gasteiger partial charge in [-0.15, -0.1) is 0 Å². The standard InChI is InChI=1S/C55H22F18/c56-37-31(38(57)42(61)33(41(37)60)35-45(64)49(68)53(72)50(69)46(35)65)23-17-22(18-24(19-23)32-39(58)43(62)34(44(63)40(32)59)36-47(66)51(70)54(73)52(71)48(36)67)21-15-16-28-27-13-7-8-14-29(27)55(30(28)20-21,25-9-3-1-4-10-25)26-11-5-2-6-12-26/h1,3-5,7-20H,2,6H2. The number of benzene rings is 8. The van der Waals surface area contributed by atoms with Crippen LogP contribution in [-0.2, 0) is 5.41 Å². The van der Waals surface area contributed by atoms with Crippen molar-refractivity contribution >= 4 is 0 Å². The Morgan fingerprint density at radius 3 is 1.10 bits per heavy atom. The monoisotopic (exact) mass is 1020 g/mol. The summed E-state index contributed by atoms with van der Waals surface area (Å²) < 4.78 is 275. The van der Waals surface area contributed by atoms with E-state index in [1.165, 1.54) is 12.1 Å². The van der Waals surface area contributed by atoms with Crippen molar-refractivity contribution in [3.8, 4) is 66.8 Å². The predicted octanol–water partition coefficient (Wildman–Crippen LogP) is 17.1. The van der Waals surface area contributed by atoms with Gasteiger partial charge in [0.2, 0.25) is 11.6 Å². The normalized spacial score (nSPS) is 15.0. The summed E-state index contributed by atoms with van der Waals surface area (Å²) in [6, 6.07) is 22.4. The maximum atomic E-state index is 16.5. The number of hydrogen-bond acceptors (Lipinski definition) is 0. The van der Waals surface area contributed by atoms with Crippen molar-refractivity contribution in [1.82, 2.24) is 0 Å². The molecule has 0 radical (unpaired) electrons. The molecule has 0 aliphatic heterocycles. The van der Waals surface area contributed by atoms with E-state index in [1.807, 2.05) is 42.5 Å². The zero-order valence-corrected chi connectivity index (χ0v) is 36.1. The van der Waals surface area contributed by atoms with Gasteiger partial charge in [0, 0.05) is 0 Å². The van der Waals surface area contributed by atoms with E-state index >= 15 is 35.1 Å². The third-order valence-corrected chi connectivity index (χ3v) is 13.0. The number of hydrogen-bond donors (Lipinski definition) is 0. The summed E-state index contributed by atoms with van der Waals surface area (Å²) in [6.07, 6.45) is 7.07. The van der Waals surface area contributed by atoms with Gasteiger partial charge in [-0.2, -0.15) is 0 Å². The van der Waals surface area contributed by atoms with Crippen molar-refractivity contribution in [3.63, 3.8) is 0 Å². The van der Waals surface area contributed by atoms with Gasteiger partial charge in [0.05, 0.1) is 38.8 Å². The highest BCUT2D eigenvalue weighted by Crippen LogP contribution is 2.58. The first-order valence-electron chi connectivity index (χ1n) is 21.3. The zero-order valence-electron chi connectivity index (χ0n) is 36.1. The van der Waals surface area contributed by atoms with Crippen LogP contribution in [0.15, 0.2) is 115 Å². The van der Waals surface area contributed by atoms with Crippen LogP contribution in [0.25, 0.3) is 66.8 Å². The first-order chi connectivity index (χ1) is 34.7. The van der Waals surface area contributed by atoms with Crippen LogP contribution in [0.1, 0.15) is 29.5 Å². The fourth-order valence-corrected chi connectivity index (χ4v) is 9.77. The fourth-order valence-electron chi connectivity index (χ4n) is 9.77. The van der Waals surface area contributed by atoms with E-state index in [4.69, 9.17) is 0 Å². The Hall–Kier alpha value is -8.02. The molecule has 0 amide bonds. The average Bonchev–Trinajstić information content (AvgIpc) is 3.70. The van der Waals surface area contributed by atoms with Crippen LogP contribution in [0, 0.1) is 105 Å². The molecule has 1 atom stereocenters. The van der Waals surface area contributed by atoms with E-state index in [9.17, 15) is 43.9 Å². The van der Waals surface area contributed by atoms with Gasteiger partial charge in [-0.05, 0) is 92.8 Å². The summed E-state index contributed by atoms with van der Waals surface area (Å²) in [7, 11) is 0. The minimum Gasteiger partial charge on any atom is -0.203 e. The molecule has 8 aromatic carbocycles. The van der Waals surface area contributed by atoms with Crippen LogP contribution in [-0.4, -0.2) is 0 Å². The highest BCUT2D eigenvalue weighted by atomic mass is 19.2. The molecule has 0 saturated carbocycles. The summed E-state index contributed by atoms with van der Waals surface area (Å²) in [5.41, 5.74) is -13.5. The Morgan fingerprint density at radius 1 is 0.288 bits per heavy atom. The molecule has 0 saturated heterocycles. The van der Waals surface area contributed by atoms with E-state index in [1.54, 1.807) is 36.4 Å².